The van der Waals surface area contributed by atoms with Gasteiger partial charge in [-0.15, -0.1) is 0 Å². The van der Waals surface area contributed by atoms with Crippen molar-refractivity contribution in [3.63, 3.8) is 0 Å². The summed E-state index contributed by atoms with van der Waals surface area (Å²) in [7, 11) is 0. The fourth-order valence-electron chi connectivity index (χ4n) is 2.25. The number of hydrogen-bond acceptors (Lipinski definition) is 8. The van der Waals surface area contributed by atoms with Gasteiger partial charge in [0.05, 0.1) is 18.0 Å². The maximum absolute atomic E-state index is 12.6. The lowest BCUT2D eigenvalue weighted by molar-refractivity contribution is -0.384. The fourth-order valence-corrected chi connectivity index (χ4v) is 2.25. The highest BCUT2D eigenvalue weighted by Crippen LogP contribution is 2.28. The van der Waals surface area contributed by atoms with E-state index in [0.717, 1.165) is 6.20 Å². The van der Waals surface area contributed by atoms with Gasteiger partial charge in [-0.2, -0.15) is 13.2 Å². The SMILES string of the molecule is O=C(Oc1ccc([N+](=O)[O-])cc1)OC1CN(c2ccnc(C(F)(F)F)n2)C1. The molecule has 2 aromatic rings. The van der Waals surface area contributed by atoms with Crippen LogP contribution in [0.2, 0.25) is 0 Å². The summed E-state index contributed by atoms with van der Waals surface area (Å²) in [5.74, 6) is -1.12. The summed E-state index contributed by atoms with van der Waals surface area (Å²) in [6.07, 6.45) is -5.25. The lowest BCUT2D eigenvalue weighted by atomic mass is 10.2. The van der Waals surface area contributed by atoms with E-state index < -0.39 is 29.2 Å². The molecule has 0 N–H and O–H groups in total. The molecular weight excluding hydrogens is 373 g/mol. The van der Waals surface area contributed by atoms with Gasteiger partial charge in [0.2, 0.25) is 5.82 Å². The molecule has 0 saturated carbocycles. The summed E-state index contributed by atoms with van der Waals surface area (Å²) in [5, 5.41) is 10.5. The first-order valence-corrected chi connectivity index (χ1v) is 7.50. The van der Waals surface area contributed by atoms with E-state index in [4.69, 9.17) is 9.47 Å². The number of halogens is 3. The molecule has 1 aromatic carbocycles. The number of alkyl halides is 3. The summed E-state index contributed by atoms with van der Waals surface area (Å²) in [6, 6.07) is 6.14. The number of anilines is 1. The van der Waals surface area contributed by atoms with Gasteiger partial charge in [0, 0.05) is 18.3 Å². The Morgan fingerprint density at radius 2 is 1.89 bits per heavy atom. The highest BCUT2D eigenvalue weighted by atomic mass is 19.4. The number of nitrogens with zero attached hydrogens (tertiary/aromatic N) is 4. The molecule has 0 unspecified atom stereocenters. The molecule has 2 heterocycles. The smallest absolute Gasteiger partial charge is 0.427 e. The van der Waals surface area contributed by atoms with E-state index in [2.05, 4.69) is 9.97 Å². The molecule has 0 spiro atoms. The number of carbonyl (C=O) groups is 1. The third-order valence-electron chi connectivity index (χ3n) is 3.58. The van der Waals surface area contributed by atoms with Gasteiger partial charge in [-0.3, -0.25) is 10.1 Å². The molecule has 142 valence electrons. The number of hydrogen-bond donors (Lipinski definition) is 0. The summed E-state index contributed by atoms with van der Waals surface area (Å²) < 4.78 is 47.7. The van der Waals surface area contributed by atoms with Crippen LogP contribution in [0.1, 0.15) is 5.82 Å². The highest BCUT2D eigenvalue weighted by molar-refractivity contribution is 5.64. The van der Waals surface area contributed by atoms with Crippen molar-refractivity contribution < 1.29 is 32.4 Å². The fraction of sp³-hybridized carbons (Fsp3) is 0.267. The molecule has 1 aromatic heterocycles. The number of ether oxygens (including phenoxy) is 2. The Morgan fingerprint density at radius 1 is 1.22 bits per heavy atom. The first kappa shape index (κ1) is 18.4. The minimum atomic E-state index is -4.65. The third kappa shape index (κ3) is 4.40. The normalized spacial score (nSPS) is 14.4. The van der Waals surface area contributed by atoms with E-state index >= 15 is 0 Å². The van der Waals surface area contributed by atoms with E-state index in [0.29, 0.717) is 0 Å². The second kappa shape index (κ2) is 7.05. The van der Waals surface area contributed by atoms with Crippen molar-refractivity contribution in [1.29, 1.82) is 0 Å². The van der Waals surface area contributed by atoms with Crippen LogP contribution in [-0.2, 0) is 10.9 Å². The van der Waals surface area contributed by atoms with Crippen molar-refractivity contribution in [1.82, 2.24) is 9.97 Å². The van der Waals surface area contributed by atoms with Gasteiger partial charge in [0.15, 0.2) is 0 Å². The summed E-state index contributed by atoms with van der Waals surface area (Å²) in [4.78, 5) is 29.7. The molecule has 0 atom stereocenters. The van der Waals surface area contributed by atoms with Crippen LogP contribution >= 0.6 is 0 Å². The van der Waals surface area contributed by atoms with E-state index in [1.54, 1.807) is 0 Å². The molecule has 12 heteroatoms. The molecule has 1 aliphatic heterocycles. The molecule has 9 nitrogen and oxygen atoms in total. The first-order chi connectivity index (χ1) is 12.7. The van der Waals surface area contributed by atoms with E-state index in [1.165, 1.54) is 35.2 Å². The minimum Gasteiger partial charge on any atom is -0.427 e. The zero-order valence-electron chi connectivity index (χ0n) is 13.4. The van der Waals surface area contributed by atoms with Crippen LogP contribution in [-0.4, -0.2) is 40.2 Å². The number of rotatable bonds is 4. The van der Waals surface area contributed by atoms with Crippen LogP contribution < -0.4 is 9.64 Å². The molecule has 0 aliphatic carbocycles. The molecule has 1 saturated heterocycles. The Hall–Kier alpha value is -3.44. The van der Waals surface area contributed by atoms with Crippen LogP contribution in [0.25, 0.3) is 0 Å². The Bertz CT molecular complexity index is 853. The second-order valence-electron chi connectivity index (χ2n) is 5.48. The summed E-state index contributed by atoms with van der Waals surface area (Å²) in [5.41, 5.74) is -0.159. The molecule has 0 radical (unpaired) electrons. The Balaban J connectivity index is 1.50. The first-order valence-electron chi connectivity index (χ1n) is 7.50. The van der Waals surface area contributed by atoms with Gasteiger partial charge in [-0.1, -0.05) is 0 Å². The average molecular weight is 384 g/mol. The van der Waals surface area contributed by atoms with Crippen molar-refractivity contribution in [3.05, 3.63) is 52.5 Å². The number of benzene rings is 1. The quantitative estimate of drug-likeness (QED) is 0.343. The molecule has 1 fully saturated rings. The van der Waals surface area contributed by atoms with Crippen LogP contribution in [0.15, 0.2) is 36.5 Å². The van der Waals surface area contributed by atoms with E-state index in [1.807, 2.05) is 0 Å². The predicted octanol–water partition coefficient (Wildman–Crippen LogP) is 2.81. The maximum atomic E-state index is 12.6. The largest absolute Gasteiger partial charge is 0.514 e. The zero-order chi connectivity index (χ0) is 19.6. The number of aromatic nitrogens is 2. The molecule has 0 amide bonds. The van der Waals surface area contributed by atoms with E-state index in [-0.39, 0.29) is 30.3 Å². The van der Waals surface area contributed by atoms with Gasteiger partial charge >= 0.3 is 12.3 Å². The Morgan fingerprint density at radius 3 is 2.48 bits per heavy atom. The molecular formula is C15H11F3N4O5. The number of non-ortho nitro benzene ring substituents is 1. The van der Waals surface area contributed by atoms with Crippen LogP contribution in [0.4, 0.5) is 29.5 Å². The van der Waals surface area contributed by atoms with Crippen molar-refractivity contribution in [2.45, 2.75) is 12.3 Å². The van der Waals surface area contributed by atoms with Gasteiger partial charge in [-0.05, 0) is 18.2 Å². The van der Waals surface area contributed by atoms with Crippen molar-refractivity contribution in [2.24, 2.45) is 0 Å². The molecule has 3 rings (SSSR count). The van der Waals surface area contributed by atoms with Crippen molar-refractivity contribution >= 4 is 17.7 Å². The lowest BCUT2D eigenvalue weighted by Crippen LogP contribution is -2.53. The van der Waals surface area contributed by atoms with Crippen LogP contribution in [0.5, 0.6) is 5.75 Å². The summed E-state index contributed by atoms with van der Waals surface area (Å²) >= 11 is 0. The second-order valence-corrected chi connectivity index (χ2v) is 5.48. The van der Waals surface area contributed by atoms with Gasteiger partial charge in [0.25, 0.3) is 5.69 Å². The zero-order valence-corrected chi connectivity index (χ0v) is 13.4. The van der Waals surface area contributed by atoms with Gasteiger partial charge in [-0.25, -0.2) is 14.8 Å². The predicted molar refractivity (Wildman–Crippen MR) is 83.2 cm³/mol. The minimum absolute atomic E-state index is 0.0624. The number of nitro benzene ring substituents is 1. The number of carbonyl (C=O) groups excluding carboxylic acids is 1. The lowest BCUT2D eigenvalue weighted by Gasteiger charge is -2.38. The number of nitro groups is 1. The van der Waals surface area contributed by atoms with Gasteiger partial charge in [0.1, 0.15) is 17.7 Å². The highest BCUT2D eigenvalue weighted by Gasteiger charge is 2.37. The van der Waals surface area contributed by atoms with Crippen LogP contribution in [0, 0.1) is 10.1 Å². The summed E-state index contributed by atoms with van der Waals surface area (Å²) in [6.45, 7) is 0.285. The third-order valence-corrected chi connectivity index (χ3v) is 3.58. The topological polar surface area (TPSA) is 108 Å². The molecule has 0 bridgehead atoms. The molecule has 27 heavy (non-hydrogen) atoms. The maximum Gasteiger partial charge on any atom is 0.514 e. The van der Waals surface area contributed by atoms with Crippen molar-refractivity contribution in [2.75, 3.05) is 18.0 Å². The van der Waals surface area contributed by atoms with Gasteiger partial charge < -0.3 is 14.4 Å². The average Bonchev–Trinajstić information content (AvgIpc) is 2.57. The van der Waals surface area contributed by atoms with Crippen LogP contribution in [0.3, 0.4) is 0 Å². The molecule has 1 aliphatic rings. The Kier molecular flexibility index (Phi) is 4.79. The monoisotopic (exact) mass is 384 g/mol. The standard InChI is InChI=1S/C15H11F3N4O5/c16-15(17,18)13-19-6-5-12(20-13)21-7-11(8-21)27-14(23)26-10-3-1-9(2-4-10)22(24)25/h1-6,11H,7-8H2. The Labute approximate surface area is 149 Å². The van der Waals surface area contributed by atoms with Crippen molar-refractivity contribution in [3.8, 4) is 5.75 Å². The van der Waals surface area contributed by atoms with E-state index in [9.17, 15) is 28.1 Å².